The SMILES string of the molecule is NC(=O)[C@H](NC(=O)c1cc(F)cc(F)c1)C1c2ccccc2-c2ccccc21. The number of benzene rings is 3. The molecule has 0 spiro atoms. The van der Waals surface area contributed by atoms with E-state index >= 15 is 0 Å². The predicted molar refractivity (Wildman–Crippen MR) is 101 cm³/mol. The van der Waals surface area contributed by atoms with Gasteiger partial charge in [-0.1, -0.05) is 48.5 Å². The van der Waals surface area contributed by atoms with E-state index < -0.39 is 35.4 Å². The molecule has 6 heteroatoms. The highest BCUT2D eigenvalue weighted by atomic mass is 19.1. The second kappa shape index (κ2) is 6.88. The molecule has 0 unspecified atom stereocenters. The zero-order chi connectivity index (χ0) is 19.8. The summed E-state index contributed by atoms with van der Waals surface area (Å²) in [5, 5.41) is 2.56. The monoisotopic (exact) mass is 378 g/mol. The van der Waals surface area contributed by atoms with Crippen molar-refractivity contribution < 1.29 is 18.4 Å². The zero-order valence-electron chi connectivity index (χ0n) is 14.7. The third kappa shape index (κ3) is 3.03. The number of fused-ring (bicyclic) bond motifs is 3. The van der Waals surface area contributed by atoms with Crippen molar-refractivity contribution in [3.8, 4) is 11.1 Å². The van der Waals surface area contributed by atoms with E-state index in [-0.39, 0.29) is 5.56 Å². The van der Waals surface area contributed by atoms with Crippen molar-refractivity contribution in [2.45, 2.75) is 12.0 Å². The van der Waals surface area contributed by atoms with Crippen molar-refractivity contribution in [2.75, 3.05) is 0 Å². The normalized spacial score (nSPS) is 13.5. The summed E-state index contributed by atoms with van der Waals surface area (Å²) in [6.45, 7) is 0. The van der Waals surface area contributed by atoms with E-state index in [4.69, 9.17) is 5.73 Å². The van der Waals surface area contributed by atoms with Gasteiger partial charge in [0.2, 0.25) is 5.91 Å². The van der Waals surface area contributed by atoms with Gasteiger partial charge in [-0.2, -0.15) is 0 Å². The highest BCUT2D eigenvalue weighted by Gasteiger charge is 2.38. The molecular weight excluding hydrogens is 362 g/mol. The third-order valence-electron chi connectivity index (χ3n) is 4.93. The molecular formula is C22H16F2N2O2. The molecule has 1 aliphatic rings. The van der Waals surface area contributed by atoms with E-state index in [1.54, 1.807) is 0 Å². The molecule has 2 amide bonds. The molecule has 3 aromatic rings. The quantitative estimate of drug-likeness (QED) is 0.731. The van der Waals surface area contributed by atoms with Gasteiger partial charge in [0.25, 0.3) is 5.91 Å². The molecule has 4 rings (SSSR count). The molecule has 0 heterocycles. The molecule has 0 bridgehead atoms. The van der Waals surface area contributed by atoms with E-state index in [1.807, 2.05) is 48.5 Å². The number of hydrogen-bond donors (Lipinski definition) is 2. The lowest BCUT2D eigenvalue weighted by Crippen LogP contribution is -2.48. The summed E-state index contributed by atoms with van der Waals surface area (Å²) < 4.78 is 26.9. The molecule has 1 aliphatic carbocycles. The van der Waals surface area contributed by atoms with Crippen LogP contribution in [0.3, 0.4) is 0 Å². The summed E-state index contributed by atoms with van der Waals surface area (Å²) in [5.41, 5.74) is 9.03. The first kappa shape index (κ1) is 17.9. The fourth-order valence-corrected chi connectivity index (χ4v) is 3.78. The number of rotatable bonds is 4. The minimum atomic E-state index is -1.08. The van der Waals surface area contributed by atoms with Crippen LogP contribution in [0, 0.1) is 11.6 Å². The number of nitrogens with one attached hydrogen (secondary N) is 1. The van der Waals surface area contributed by atoms with Crippen molar-refractivity contribution in [1.29, 1.82) is 0 Å². The minimum absolute atomic E-state index is 0.219. The zero-order valence-corrected chi connectivity index (χ0v) is 14.7. The average molecular weight is 378 g/mol. The van der Waals surface area contributed by atoms with Crippen LogP contribution in [0.5, 0.6) is 0 Å². The van der Waals surface area contributed by atoms with E-state index in [9.17, 15) is 18.4 Å². The Hall–Kier alpha value is -3.54. The molecule has 3 N–H and O–H groups in total. The molecule has 140 valence electrons. The fourth-order valence-electron chi connectivity index (χ4n) is 3.78. The maximum Gasteiger partial charge on any atom is 0.252 e. The molecule has 1 atom stereocenters. The van der Waals surface area contributed by atoms with Crippen LogP contribution in [0.15, 0.2) is 66.7 Å². The number of carbonyl (C=O) groups is 2. The van der Waals surface area contributed by atoms with Crippen LogP contribution >= 0.6 is 0 Å². The van der Waals surface area contributed by atoms with Gasteiger partial charge in [-0.3, -0.25) is 9.59 Å². The smallest absolute Gasteiger partial charge is 0.252 e. The molecule has 0 saturated heterocycles. The van der Waals surface area contributed by atoms with Crippen molar-refractivity contribution in [3.05, 3.63) is 95.1 Å². The highest BCUT2D eigenvalue weighted by Crippen LogP contribution is 2.46. The van der Waals surface area contributed by atoms with E-state index in [0.717, 1.165) is 34.4 Å². The van der Waals surface area contributed by atoms with Gasteiger partial charge in [0.05, 0.1) is 0 Å². The topological polar surface area (TPSA) is 72.2 Å². The van der Waals surface area contributed by atoms with Crippen molar-refractivity contribution in [2.24, 2.45) is 5.73 Å². The van der Waals surface area contributed by atoms with E-state index in [0.29, 0.717) is 6.07 Å². The number of carbonyl (C=O) groups excluding carboxylic acids is 2. The van der Waals surface area contributed by atoms with Gasteiger partial charge in [0.1, 0.15) is 17.7 Å². The molecule has 0 aromatic heterocycles. The first-order chi connectivity index (χ1) is 13.5. The van der Waals surface area contributed by atoms with Crippen LogP contribution in [0.4, 0.5) is 8.78 Å². The Morgan fingerprint density at radius 1 is 0.857 bits per heavy atom. The van der Waals surface area contributed by atoms with Gasteiger partial charge in [-0.25, -0.2) is 8.78 Å². The molecule has 28 heavy (non-hydrogen) atoms. The Bertz CT molecular complexity index is 1030. The average Bonchev–Trinajstić information content (AvgIpc) is 2.99. The standard InChI is InChI=1S/C22H16F2N2O2/c23-13-9-12(10-14(24)11-13)22(28)26-20(21(25)27)19-17-7-3-1-5-15(17)16-6-2-4-8-18(16)19/h1-11,19-20H,(H2,25,27)(H,26,28)/t20-/m1/s1. The van der Waals surface area contributed by atoms with Gasteiger partial charge < -0.3 is 11.1 Å². The fraction of sp³-hybridized carbons (Fsp3) is 0.0909. The predicted octanol–water partition coefficient (Wildman–Crippen LogP) is 3.36. The first-order valence-electron chi connectivity index (χ1n) is 8.70. The summed E-state index contributed by atoms with van der Waals surface area (Å²) in [6.07, 6.45) is 0. The lowest BCUT2D eigenvalue weighted by molar-refractivity contribution is -0.120. The summed E-state index contributed by atoms with van der Waals surface area (Å²) in [7, 11) is 0. The summed E-state index contributed by atoms with van der Waals surface area (Å²) in [4.78, 5) is 24.9. The Morgan fingerprint density at radius 3 is 1.86 bits per heavy atom. The second-order valence-corrected chi connectivity index (χ2v) is 6.66. The molecule has 0 radical (unpaired) electrons. The summed E-state index contributed by atoms with van der Waals surface area (Å²) >= 11 is 0. The van der Waals surface area contributed by atoms with E-state index in [2.05, 4.69) is 5.32 Å². The van der Waals surface area contributed by atoms with E-state index in [1.165, 1.54) is 0 Å². The van der Waals surface area contributed by atoms with Gasteiger partial charge in [-0.15, -0.1) is 0 Å². The van der Waals surface area contributed by atoms with Crippen LogP contribution in [0.25, 0.3) is 11.1 Å². The number of halogens is 2. The molecule has 3 aromatic carbocycles. The molecule has 0 saturated carbocycles. The third-order valence-corrected chi connectivity index (χ3v) is 4.93. The van der Waals surface area contributed by atoms with Crippen molar-refractivity contribution in [3.63, 3.8) is 0 Å². The van der Waals surface area contributed by atoms with Crippen molar-refractivity contribution in [1.82, 2.24) is 5.32 Å². The van der Waals surface area contributed by atoms with Gasteiger partial charge >= 0.3 is 0 Å². The molecule has 0 aliphatic heterocycles. The number of primary amides is 1. The van der Waals surface area contributed by atoms with Gasteiger partial charge in [0, 0.05) is 17.5 Å². The van der Waals surface area contributed by atoms with Crippen LogP contribution in [0.1, 0.15) is 27.4 Å². The lowest BCUT2D eigenvalue weighted by atomic mass is 9.88. The van der Waals surface area contributed by atoms with Crippen LogP contribution < -0.4 is 11.1 Å². The molecule has 4 nitrogen and oxygen atoms in total. The Morgan fingerprint density at radius 2 is 1.36 bits per heavy atom. The second-order valence-electron chi connectivity index (χ2n) is 6.66. The van der Waals surface area contributed by atoms with Crippen LogP contribution in [-0.4, -0.2) is 17.9 Å². The highest BCUT2D eigenvalue weighted by molar-refractivity contribution is 5.98. The number of hydrogen-bond acceptors (Lipinski definition) is 2. The number of nitrogens with two attached hydrogens (primary N) is 1. The Balaban J connectivity index is 1.75. The largest absolute Gasteiger partial charge is 0.368 e. The van der Waals surface area contributed by atoms with Crippen molar-refractivity contribution >= 4 is 11.8 Å². The molecule has 0 fully saturated rings. The lowest BCUT2D eigenvalue weighted by Gasteiger charge is -2.24. The van der Waals surface area contributed by atoms with Gasteiger partial charge in [0.15, 0.2) is 0 Å². The number of amides is 2. The Kier molecular flexibility index (Phi) is 4.39. The summed E-state index contributed by atoms with van der Waals surface area (Å²) in [5.74, 6) is -3.76. The maximum absolute atomic E-state index is 13.5. The summed E-state index contributed by atoms with van der Waals surface area (Å²) in [6, 6.07) is 16.5. The Labute approximate surface area is 160 Å². The minimum Gasteiger partial charge on any atom is -0.368 e. The van der Waals surface area contributed by atoms with Gasteiger partial charge in [-0.05, 0) is 34.4 Å². The van der Waals surface area contributed by atoms with Crippen LogP contribution in [0.2, 0.25) is 0 Å². The van der Waals surface area contributed by atoms with Crippen LogP contribution in [-0.2, 0) is 4.79 Å². The first-order valence-corrected chi connectivity index (χ1v) is 8.70. The maximum atomic E-state index is 13.5.